The summed E-state index contributed by atoms with van der Waals surface area (Å²) in [5.74, 6) is -1.03. The maximum absolute atomic E-state index is 11.1. The predicted molar refractivity (Wildman–Crippen MR) is 48.4 cm³/mol. The Morgan fingerprint density at radius 2 is 2.46 bits per heavy atom. The molecule has 0 aromatic carbocycles. The van der Waals surface area contributed by atoms with E-state index in [2.05, 4.69) is 27.2 Å². The van der Waals surface area contributed by atoms with Crippen molar-refractivity contribution in [2.45, 2.75) is 12.5 Å². The van der Waals surface area contributed by atoms with E-state index >= 15 is 0 Å². The maximum Gasteiger partial charge on any atom is 0.347 e. The fourth-order valence-corrected chi connectivity index (χ4v) is 1.08. The second-order valence-corrected chi connectivity index (χ2v) is 3.15. The molecule has 1 rings (SSSR count). The molecule has 0 aliphatic carbocycles. The second kappa shape index (κ2) is 4.41. The van der Waals surface area contributed by atoms with Crippen molar-refractivity contribution < 1.29 is 19.1 Å². The Morgan fingerprint density at radius 3 is 2.92 bits per heavy atom. The molecule has 13 heavy (non-hydrogen) atoms. The number of carbonyl (C=O) groups excluding carboxylic acids is 2. The van der Waals surface area contributed by atoms with Gasteiger partial charge in [0.15, 0.2) is 0 Å². The van der Waals surface area contributed by atoms with Crippen molar-refractivity contribution in [3.05, 3.63) is 12.2 Å². The summed E-state index contributed by atoms with van der Waals surface area (Å²) in [6.45, 7) is 3.78. The molecule has 0 amide bonds. The molecule has 1 saturated heterocycles. The lowest BCUT2D eigenvalue weighted by atomic mass is 10.3. The Bertz CT molecular complexity index is 249. The van der Waals surface area contributed by atoms with Crippen molar-refractivity contribution in [2.75, 3.05) is 11.9 Å². The third kappa shape index (κ3) is 2.55. The normalized spacial score (nSPS) is 21.0. The summed E-state index contributed by atoms with van der Waals surface area (Å²) in [7, 11) is 0. The molecule has 1 unspecified atom stereocenters. The number of carbonyl (C=O) groups is 2. The fraction of sp³-hybridized carbons (Fsp3) is 0.500. The summed E-state index contributed by atoms with van der Waals surface area (Å²) in [5.41, 5.74) is 0.291. The van der Waals surface area contributed by atoms with Crippen LogP contribution in [0.15, 0.2) is 12.2 Å². The second-order valence-electron chi connectivity index (χ2n) is 2.59. The van der Waals surface area contributed by atoms with Gasteiger partial charge in [-0.1, -0.05) is 22.5 Å². The smallest absolute Gasteiger partial charge is 0.347 e. The first-order valence-electron chi connectivity index (χ1n) is 3.76. The van der Waals surface area contributed by atoms with Crippen LogP contribution >= 0.6 is 15.9 Å². The zero-order valence-electron chi connectivity index (χ0n) is 6.92. The monoisotopic (exact) mass is 248 g/mol. The molecule has 0 spiro atoms. The summed E-state index contributed by atoms with van der Waals surface area (Å²) in [4.78, 5) is 22.0. The van der Waals surface area contributed by atoms with E-state index in [4.69, 9.17) is 4.74 Å². The minimum absolute atomic E-state index is 0.291. The van der Waals surface area contributed by atoms with Crippen molar-refractivity contribution in [3.8, 4) is 0 Å². The van der Waals surface area contributed by atoms with Gasteiger partial charge in [0.25, 0.3) is 0 Å². The van der Waals surface area contributed by atoms with Crippen LogP contribution < -0.4 is 0 Å². The predicted octanol–water partition coefficient (Wildman–Crippen LogP) is 0.796. The van der Waals surface area contributed by atoms with Crippen LogP contribution in [0.3, 0.4) is 0 Å². The Balaban J connectivity index is 2.44. The van der Waals surface area contributed by atoms with Gasteiger partial charge in [0.1, 0.15) is 0 Å². The first-order chi connectivity index (χ1) is 6.15. The molecule has 0 saturated carbocycles. The molecule has 0 bridgehead atoms. The fourth-order valence-electron chi connectivity index (χ4n) is 0.851. The minimum atomic E-state index is -0.747. The third-order valence-corrected chi connectivity index (χ3v) is 2.26. The number of cyclic esters (lactones) is 1. The van der Waals surface area contributed by atoms with Gasteiger partial charge in [-0.2, -0.15) is 0 Å². The van der Waals surface area contributed by atoms with Crippen molar-refractivity contribution in [2.24, 2.45) is 0 Å². The van der Waals surface area contributed by atoms with E-state index in [1.54, 1.807) is 0 Å². The molecular formula is C8H9BrO4. The van der Waals surface area contributed by atoms with Gasteiger partial charge in [0.2, 0.25) is 6.10 Å². The molecule has 4 nitrogen and oxygen atoms in total. The highest BCUT2D eigenvalue weighted by Crippen LogP contribution is 2.12. The van der Waals surface area contributed by atoms with Crippen LogP contribution in [0.1, 0.15) is 6.42 Å². The molecule has 0 N–H and O–H groups in total. The topological polar surface area (TPSA) is 52.6 Å². The van der Waals surface area contributed by atoms with Crippen molar-refractivity contribution in [3.63, 3.8) is 0 Å². The Kier molecular flexibility index (Phi) is 3.48. The quantitative estimate of drug-likeness (QED) is 0.421. The van der Waals surface area contributed by atoms with E-state index in [0.29, 0.717) is 23.9 Å². The highest BCUT2D eigenvalue weighted by molar-refractivity contribution is 9.09. The van der Waals surface area contributed by atoms with Gasteiger partial charge in [-0.05, 0) is 0 Å². The number of ether oxygens (including phenoxy) is 2. The SMILES string of the molecule is C=C(CBr)C(=O)OC1CCOC1=O. The Hall–Kier alpha value is -0.840. The molecule has 1 aliphatic heterocycles. The highest BCUT2D eigenvalue weighted by Gasteiger charge is 2.30. The highest BCUT2D eigenvalue weighted by atomic mass is 79.9. The lowest BCUT2D eigenvalue weighted by molar-refractivity contribution is -0.157. The number of hydrogen-bond acceptors (Lipinski definition) is 4. The number of rotatable bonds is 3. The van der Waals surface area contributed by atoms with Gasteiger partial charge in [0.05, 0.1) is 6.61 Å². The zero-order chi connectivity index (χ0) is 9.84. The summed E-state index contributed by atoms with van der Waals surface area (Å²) in [5, 5.41) is 0.341. The van der Waals surface area contributed by atoms with Crippen LogP contribution in [0.2, 0.25) is 0 Å². The van der Waals surface area contributed by atoms with Crippen molar-refractivity contribution in [1.82, 2.24) is 0 Å². The van der Waals surface area contributed by atoms with Crippen LogP contribution in [0.25, 0.3) is 0 Å². The first kappa shape index (κ1) is 10.2. The largest absolute Gasteiger partial charge is 0.463 e. The lowest BCUT2D eigenvalue weighted by Crippen LogP contribution is -2.23. The van der Waals surface area contributed by atoms with Gasteiger partial charge in [-0.3, -0.25) is 0 Å². The van der Waals surface area contributed by atoms with E-state index in [9.17, 15) is 9.59 Å². The molecule has 0 aromatic rings. The first-order valence-corrected chi connectivity index (χ1v) is 4.88. The molecule has 1 atom stereocenters. The summed E-state index contributed by atoms with van der Waals surface area (Å²) in [6, 6.07) is 0. The lowest BCUT2D eigenvalue weighted by Gasteiger charge is -2.07. The molecule has 0 aromatic heterocycles. The Labute approximate surface area is 84.0 Å². The van der Waals surface area contributed by atoms with E-state index < -0.39 is 18.0 Å². The minimum Gasteiger partial charge on any atom is -0.463 e. The van der Waals surface area contributed by atoms with Gasteiger partial charge >= 0.3 is 11.9 Å². The number of halogens is 1. The van der Waals surface area contributed by atoms with Crippen LogP contribution in [0, 0.1) is 0 Å². The summed E-state index contributed by atoms with van der Waals surface area (Å²) >= 11 is 3.06. The molecule has 1 heterocycles. The van der Waals surface area contributed by atoms with Crippen LogP contribution in [0.4, 0.5) is 0 Å². The molecule has 72 valence electrons. The van der Waals surface area contributed by atoms with Gasteiger partial charge in [-0.15, -0.1) is 0 Å². The molecule has 1 aliphatic rings. The third-order valence-electron chi connectivity index (χ3n) is 1.59. The number of hydrogen-bond donors (Lipinski definition) is 0. The summed E-state index contributed by atoms with van der Waals surface area (Å²) in [6.07, 6.45) is -0.316. The zero-order valence-corrected chi connectivity index (χ0v) is 8.50. The molecule has 5 heteroatoms. The van der Waals surface area contributed by atoms with Crippen molar-refractivity contribution >= 4 is 27.9 Å². The average molecular weight is 249 g/mol. The Morgan fingerprint density at radius 1 is 1.77 bits per heavy atom. The van der Waals surface area contributed by atoms with E-state index in [-0.39, 0.29) is 0 Å². The van der Waals surface area contributed by atoms with Gasteiger partial charge in [0, 0.05) is 17.3 Å². The van der Waals surface area contributed by atoms with Gasteiger partial charge < -0.3 is 9.47 Å². The standard InChI is InChI=1S/C8H9BrO4/c1-5(4-9)7(10)13-6-2-3-12-8(6)11/h6H,1-4H2. The van der Waals surface area contributed by atoms with Crippen molar-refractivity contribution in [1.29, 1.82) is 0 Å². The maximum atomic E-state index is 11.1. The van der Waals surface area contributed by atoms with Gasteiger partial charge in [-0.25, -0.2) is 9.59 Å². The summed E-state index contributed by atoms with van der Waals surface area (Å²) < 4.78 is 9.46. The molecule has 0 radical (unpaired) electrons. The molecule has 1 fully saturated rings. The number of alkyl halides is 1. The average Bonchev–Trinajstić information content (AvgIpc) is 2.50. The van der Waals surface area contributed by atoms with Crippen LogP contribution in [-0.4, -0.2) is 30.0 Å². The molecular weight excluding hydrogens is 240 g/mol. The van der Waals surface area contributed by atoms with E-state index in [1.165, 1.54) is 0 Å². The van der Waals surface area contributed by atoms with E-state index in [1.807, 2.05) is 0 Å². The number of esters is 2. The van der Waals surface area contributed by atoms with Crippen LogP contribution in [0.5, 0.6) is 0 Å². The van der Waals surface area contributed by atoms with E-state index in [0.717, 1.165) is 0 Å². The van der Waals surface area contributed by atoms with Crippen LogP contribution in [-0.2, 0) is 19.1 Å².